The fraction of sp³-hybridized carbons (Fsp3) is 0.227. The van der Waals surface area contributed by atoms with Crippen LogP contribution >= 0.6 is 11.3 Å². The van der Waals surface area contributed by atoms with E-state index in [1.165, 1.54) is 23.4 Å². The summed E-state index contributed by atoms with van der Waals surface area (Å²) in [5, 5.41) is 11.6. The molecule has 0 fully saturated rings. The highest BCUT2D eigenvalue weighted by atomic mass is 32.1. The van der Waals surface area contributed by atoms with Crippen molar-refractivity contribution in [2.24, 2.45) is 0 Å². The third kappa shape index (κ3) is 3.17. The number of rotatable bonds is 3. The molecule has 6 nitrogen and oxygen atoms in total. The lowest BCUT2D eigenvalue weighted by atomic mass is 10.1. The van der Waals surface area contributed by atoms with Crippen LogP contribution in [0.15, 0.2) is 45.6 Å². The maximum absolute atomic E-state index is 12.8. The third-order valence-electron chi connectivity index (χ3n) is 5.32. The molecule has 3 heterocycles. The molecule has 0 saturated carbocycles. The predicted molar refractivity (Wildman–Crippen MR) is 109 cm³/mol. The van der Waals surface area contributed by atoms with Gasteiger partial charge in [0.25, 0.3) is 5.56 Å². The number of fused-ring (bicyclic) bond motifs is 3. The van der Waals surface area contributed by atoms with Crippen molar-refractivity contribution >= 4 is 27.5 Å². The van der Waals surface area contributed by atoms with Crippen LogP contribution in [-0.4, -0.2) is 15.9 Å². The number of benzene rings is 1. The lowest BCUT2D eigenvalue weighted by molar-refractivity contribution is -0.255. The highest BCUT2D eigenvalue weighted by Gasteiger charge is 2.20. The molecule has 0 radical (unpaired) electrons. The van der Waals surface area contributed by atoms with E-state index >= 15 is 0 Å². The summed E-state index contributed by atoms with van der Waals surface area (Å²) in [6.45, 7) is 0. The molecule has 0 bridgehead atoms. The number of carbonyl (C=O) groups is 1. The standard InChI is InChI=1S/C22H18N2O4S/c25-20-18-14-4-2-1-3-5-17(14)29-21(18)24-19(23-20)16-11-10-15(28-16)12-6-8-13(9-7-12)22(26)27/h6-11H,1-5H2,(H,26,27)(H,23,24,25)/p-1. The number of carboxylic acid groups (broad SMARTS) is 1. The second-order valence-corrected chi connectivity index (χ2v) is 8.27. The summed E-state index contributed by atoms with van der Waals surface area (Å²) in [4.78, 5) is 33.3. The zero-order valence-corrected chi connectivity index (χ0v) is 16.3. The topological polar surface area (TPSA) is 99.0 Å². The third-order valence-corrected chi connectivity index (χ3v) is 6.51. The second kappa shape index (κ2) is 7.00. The predicted octanol–water partition coefficient (Wildman–Crippen LogP) is 3.54. The Morgan fingerprint density at radius 2 is 1.79 bits per heavy atom. The molecular weight excluding hydrogens is 388 g/mol. The second-order valence-electron chi connectivity index (χ2n) is 7.19. The minimum atomic E-state index is -1.22. The lowest BCUT2D eigenvalue weighted by Gasteiger charge is -2.03. The Morgan fingerprint density at radius 3 is 2.59 bits per heavy atom. The van der Waals surface area contributed by atoms with Gasteiger partial charge in [0.15, 0.2) is 11.6 Å². The molecule has 1 aromatic carbocycles. The van der Waals surface area contributed by atoms with Gasteiger partial charge in [-0.25, -0.2) is 4.98 Å². The van der Waals surface area contributed by atoms with E-state index in [4.69, 9.17) is 4.42 Å². The number of aromatic amines is 1. The molecule has 146 valence electrons. The summed E-state index contributed by atoms with van der Waals surface area (Å²) < 4.78 is 5.89. The molecule has 29 heavy (non-hydrogen) atoms. The molecule has 0 spiro atoms. The Labute approximate surface area is 169 Å². The van der Waals surface area contributed by atoms with Gasteiger partial charge in [0.1, 0.15) is 10.6 Å². The summed E-state index contributed by atoms with van der Waals surface area (Å²) in [5.41, 5.74) is 1.87. The molecule has 4 aromatic rings. The van der Waals surface area contributed by atoms with Crippen molar-refractivity contribution < 1.29 is 14.3 Å². The van der Waals surface area contributed by atoms with Gasteiger partial charge in [0.05, 0.1) is 11.4 Å². The highest BCUT2D eigenvalue weighted by molar-refractivity contribution is 7.18. The largest absolute Gasteiger partial charge is 0.545 e. The van der Waals surface area contributed by atoms with Crippen molar-refractivity contribution in [2.45, 2.75) is 32.1 Å². The van der Waals surface area contributed by atoms with Gasteiger partial charge in [0.2, 0.25) is 0 Å². The minimum Gasteiger partial charge on any atom is -0.545 e. The highest BCUT2D eigenvalue weighted by Crippen LogP contribution is 2.34. The Balaban J connectivity index is 1.53. The smallest absolute Gasteiger partial charge is 0.260 e. The van der Waals surface area contributed by atoms with E-state index in [9.17, 15) is 14.7 Å². The van der Waals surface area contributed by atoms with E-state index in [2.05, 4.69) is 9.97 Å². The zero-order valence-electron chi connectivity index (χ0n) is 15.5. The molecule has 0 aliphatic heterocycles. The number of nitrogens with one attached hydrogen (secondary N) is 1. The van der Waals surface area contributed by atoms with E-state index < -0.39 is 5.97 Å². The molecule has 5 rings (SSSR count). The number of carboxylic acids is 1. The molecule has 7 heteroatoms. The molecule has 1 aliphatic rings. The number of hydrogen-bond acceptors (Lipinski definition) is 6. The molecule has 0 atom stereocenters. The number of H-pyrrole nitrogens is 1. The van der Waals surface area contributed by atoms with Gasteiger partial charge in [-0.15, -0.1) is 11.3 Å². The number of furan rings is 1. The van der Waals surface area contributed by atoms with E-state index in [0.717, 1.165) is 47.0 Å². The van der Waals surface area contributed by atoms with Crippen LogP contribution in [0.3, 0.4) is 0 Å². The summed E-state index contributed by atoms with van der Waals surface area (Å²) >= 11 is 1.61. The normalized spacial score (nSPS) is 13.9. The van der Waals surface area contributed by atoms with Crippen LogP contribution in [0.25, 0.3) is 33.1 Å². The maximum atomic E-state index is 12.8. The van der Waals surface area contributed by atoms with E-state index in [1.807, 2.05) is 0 Å². The van der Waals surface area contributed by atoms with Crippen LogP contribution in [0.2, 0.25) is 0 Å². The number of aryl methyl sites for hydroxylation is 2. The van der Waals surface area contributed by atoms with Gasteiger partial charge in [-0.05, 0) is 48.9 Å². The van der Waals surface area contributed by atoms with Crippen LogP contribution in [0.4, 0.5) is 0 Å². The fourth-order valence-electron chi connectivity index (χ4n) is 3.85. The van der Waals surface area contributed by atoms with Gasteiger partial charge in [-0.3, -0.25) is 4.79 Å². The van der Waals surface area contributed by atoms with Crippen LogP contribution in [0, 0.1) is 0 Å². The summed E-state index contributed by atoms with van der Waals surface area (Å²) in [5.74, 6) is 0.207. The van der Waals surface area contributed by atoms with Crippen molar-refractivity contribution in [1.82, 2.24) is 9.97 Å². The fourth-order valence-corrected chi connectivity index (χ4v) is 5.11. The van der Waals surface area contributed by atoms with Crippen LogP contribution in [0.5, 0.6) is 0 Å². The molecule has 0 unspecified atom stereocenters. The van der Waals surface area contributed by atoms with E-state index in [-0.39, 0.29) is 11.1 Å². The molecular formula is C22H17N2O4S-. The van der Waals surface area contributed by atoms with Gasteiger partial charge in [0, 0.05) is 10.4 Å². The monoisotopic (exact) mass is 405 g/mol. The minimum absolute atomic E-state index is 0.106. The van der Waals surface area contributed by atoms with Crippen LogP contribution in [-0.2, 0) is 12.8 Å². The van der Waals surface area contributed by atoms with Gasteiger partial charge < -0.3 is 19.3 Å². The van der Waals surface area contributed by atoms with Gasteiger partial charge >= 0.3 is 0 Å². The van der Waals surface area contributed by atoms with Gasteiger partial charge in [-0.2, -0.15) is 0 Å². The maximum Gasteiger partial charge on any atom is 0.260 e. The van der Waals surface area contributed by atoms with Crippen molar-refractivity contribution in [3.63, 3.8) is 0 Å². The number of aromatic carboxylic acids is 1. The Bertz CT molecular complexity index is 1280. The number of carbonyl (C=O) groups excluding carboxylic acids is 1. The first-order valence-electron chi connectivity index (χ1n) is 9.57. The molecule has 3 aromatic heterocycles. The Kier molecular flexibility index (Phi) is 4.32. The summed E-state index contributed by atoms with van der Waals surface area (Å²) in [7, 11) is 0. The van der Waals surface area contributed by atoms with Crippen molar-refractivity contribution in [3.8, 4) is 22.9 Å². The summed E-state index contributed by atoms with van der Waals surface area (Å²) in [6.07, 6.45) is 5.41. The Morgan fingerprint density at radius 1 is 1.03 bits per heavy atom. The average Bonchev–Trinajstić information content (AvgIpc) is 3.27. The molecule has 0 saturated heterocycles. The lowest BCUT2D eigenvalue weighted by Crippen LogP contribution is -2.21. The number of thiophene rings is 1. The van der Waals surface area contributed by atoms with Crippen LogP contribution in [0.1, 0.15) is 40.1 Å². The van der Waals surface area contributed by atoms with E-state index in [0.29, 0.717) is 17.3 Å². The van der Waals surface area contributed by atoms with Crippen LogP contribution < -0.4 is 10.7 Å². The molecule has 1 aliphatic carbocycles. The first-order chi connectivity index (χ1) is 14.1. The van der Waals surface area contributed by atoms with Gasteiger partial charge in [-0.1, -0.05) is 30.7 Å². The number of nitrogens with zero attached hydrogens (tertiary/aromatic N) is 1. The number of hydrogen-bond donors (Lipinski definition) is 1. The quantitative estimate of drug-likeness (QED) is 0.526. The van der Waals surface area contributed by atoms with Crippen molar-refractivity contribution in [1.29, 1.82) is 0 Å². The zero-order chi connectivity index (χ0) is 20.0. The first-order valence-corrected chi connectivity index (χ1v) is 10.4. The average molecular weight is 405 g/mol. The summed E-state index contributed by atoms with van der Waals surface area (Å²) in [6, 6.07) is 9.78. The molecule has 1 N–H and O–H groups in total. The SMILES string of the molecule is O=C([O-])c1ccc(-c2ccc(-c3nc4sc5c(c4c(=O)[nH]3)CCCCC5)o2)cc1. The van der Waals surface area contributed by atoms with E-state index in [1.54, 1.807) is 35.6 Å². The number of aromatic nitrogens is 2. The Hall–Kier alpha value is -3.19. The van der Waals surface area contributed by atoms with Crippen molar-refractivity contribution in [2.75, 3.05) is 0 Å². The first kappa shape index (κ1) is 17.9. The van der Waals surface area contributed by atoms with Crippen molar-refractivity contribution in [3.05, 3.63) is 62.8 Å². The molecule has 0 amide bonds.